The molecule has 6 nitrogen and oxygen atoms in total. The van der Waals surface area contributed by atoms with E-state index >= 15 is 0 Å². The molecular formula is C30H26Cl2N2O4. The summed E-state index contributed by atoms with van der Waals surface area (Å²) in [4.78, 5) is 26.2. The Balaban J connectivity index is 1.52. The third kappa shape index (κ3) is 7.12. The molecule has 0 atom stereocenters. The molecule has 0 unspecified atom stereocenters. The molecule has 4 rings (SSSR count). The molecule has 0 radical (unpaired) electrons. The molecule has 38 heavy (non-hydrogen) atoms. The van der Waals surface area contributed by atoms with Crippen LogP contribution in [-0.2, 0) is 19.6 Å². The molecule has 0 N–H and O–H groups in total. The highest BCUT2D eigenvalue weighted by molar-refractivity contribution is 6.35. The van der Waals surface area contributed by atoms with Crippen molar-refractivity contribution in [1.29, 1.82) is 0 Å². The lowest BCUT2D eigenvalue weighted by molar-refractivity contribution is -0.385. The van der Waals surface area contributed by atoms with E-state index in [1.165, 1.54) is 6.07 Å². The van der Waals surface area contributed by atoms with Gasteiger partial charge in [-0.1, -0.05) is 77.8 Å². The largest absolute Gasteiger partial charge is 0.489 e. The Morgan fingerprint density at radius 1 is 0.921 bits per heavy atom. The molecule has 0 spiro atoms. The van der Waals surface area contributed by atoms with Crippen LogP contribution in [0.4, 0.5) is 5.69 Å². The summed E-state index contributed by atoms with van der Waals surface area (Å²) in [6, 6.07) is 27.3. The summed E-state index contributed by atoms with van der Waals surface area (Å²) in [7, 11) is 0. The zero-order valence-corrected chi connectivity index (χ0v) is 22.3. The van der Waals surface area contributed by atoms with Crippen LogP contribution in [0.25, 0.3) is 0 Å². The highest BCUT2D eigenvalue weighted by atomic mass is 35.5. The quantitative estimate of drug-likeness (QED) is 0.150. The average molecular weight is 549 g/mol. The minimum Gasteiger partial charge on any atom is -0.489 e. The Bertz CT molecular complexity index is 1430. The topological polar surface area (TPSA) is 72.7 Å². The number of nitro groups is 1. The number of hydrogen-bond acceptors (Lipinski definition) is 4. The molecule has 0 aliphatic rings. The standard InChI is InChI=1S/C30H26Cl2N2O4/c1-21-7-10-25(17-29(21)34(36)37)30(35)33(16-15-24-11-12-26(31)18-28(24)32)19-22-8-13-27(14-9-22)38-20-23-5-3-2-4-6-23/h2-14,17-18H,15-16,19-20H2,1H3. The van der Waals surface area contributed by atoms with Crippen LogP contribution in [0.2, 0.25) is 10.0 Å². The van der Waals surface area contributed by atoms with Crippen molar-refractivity contribution >= 4 is 34.8 Å². The number of aryl methyl sites for hydroxylation is 1. The third-order valence-electron chi connectivity index (χ3n) is 6.15. The second-order valence-corrected chi connectivity index (χ2v) is 9.73. The Hall–Kier alpha value is -3.87. The molecule has 4 aromatic rings. The Labute approximate surface area is 231 Å². The molecule has 0 aromatic heterocycles. The molecule has 1 amide bonds. The van der Waals surface area contributed by atoms with Crippen molar-refractivity contribution in [2.45, 2.75) is 26.5 Å². The Kier molecular flexibility index (Phi) is 9.00. The maximum Gasteiger partial charge on any atom is 0.273 e. The number of rotatable bonds is 10. The maximum atomic E-state index is 13.5. The number of carbonyl (C=O) groups excluding carboxylic acids is 1. The van der Waals surface area contributed by atoms with E-state index in [1.807, 2.05) is 60.7 Å². The number of carbonyl (C=O) groups is 1. The lowest BCUT2D eigenvalue weighted by Crippen LogP contribution is -2.32. The molecule has 8 heteroatoms. The molecule has 4 aromatic carbocycles. The van der Waals surface area contributed by atoms with Gasteiger partial charge in [0.25, 0.3) is 11.6 Å². The van der Waals surface area contributed by atoms with Gasteiger partial charge in [-0.2, -0.15) is 0 Å². The van der Waals surface area contributed by atoms with Crippen LogP contribution in [0.5, 0.6) is 5.75 Å². The lowest BCUT2D eigenvalue weighted by Gasteiger charge is -2.24. The van der Waals surface area contributed by atoms with Gasteiger partial charge in [-0.05, 0) is 60.4 Å². The SMILES string of the molecule is Cc1ccc(C(=O)N(CCc2ccc(Cl)cc2Cl)Cc2ccc(OCc3ccccc3)cc2)cc1[N+](=O)[O-]. The minimum absolute atomic E-state index is 0.0866. The first-order chi connectivity index (χ1) is 18.3. The van der Waals surface area contributed by atoms with Crippen LogP contribution >= 0.6 is 23.2 Å². The maximum absolute atomic E-state index is 13.5. The third-order valence-corrected chi connectivity index (χ3v) is 6.74. The summed E-state index contributed by atoms with van der Waals surface area (Å²) < 4.78 is 5.87. The number of nitro benzene ring substituents is 1. The Morgan fingerprint density at radius 3 is 2.34 bits per heavy atom. The lowest BCUT2D eigenvalue weighted by atomic mass is 10.1. The van der Waals surface area contributed by atoms with E-state index in [4.69, 9.17) is 27.9 Å². The molecule has 0 fully saturated rings. The number of ether oxygens (including phenoxy) is 1. The summed E-state index contributed by atoms with van der Waals surface area (Å²) in [5.74, 6) is 0.417. The highest BCUT2D eigenvalue weighted by Gasteiger charge is 2.21. The molecule has 0 heterocycles. The predicted molar refractivity (Wildman–Crippen MR) is 150 cm³/mol. The fraction of sp³-hybridized carbons (Fsp3) is 0.167. The summed E-state index contributed by atoms with van der Waals surface area (Å²) in [5.41, 5.74) is 3.49. The zero-order chi connectivity index (χ0) is 27.1. The van der Waals surface area contributed by atoms with Gasteiger partial charge in [0.15, 0.2) is 0 Å². The van der Waals surface area contributed by atoms with Crippen LogP contribution in [0.15, 0.2) is 91.0 Å². The van der Waals surface area contributed by atoms with E-state index in [0.29, 0.717) is 41.7 Å². The molecular weight excluding hydrogens is 523 g/mol. The number of amides is 1. The first-order valence-corrected chi connectivity index (χ1v) is 12.8. The summed E-state index contributed by atoms with van der Waals surface area (Å²) >= 11 is 12.4. The predicted octanol–water partition coefficient (Wildman–Crippen LogP) is 7.67. The monoisotopic (exact) mass is 548 g/mol. The molecule has 0 bridgehead atoms. The number of nitrogens with zero attached hydrogens (tertiary/aromatic N) is 2. The second kappa shape index (κ2) is 12.6. The normalized spacial score (nSPS) is 10.7. The van der Waals surface area contributed by atoms with E-state index in [2.05, 4.69) is 0 Å². The first kappa shape index (κ1) is 27.2. The van der Waals surface area contributed by atoms with Gasteiger partial charge in [-0.15, -0.1) is 0 Å². The Morgan fingerprint density at radius 2 is 1.66 bits per heavy atom. The van der Waals surface area contributed by atoms with E-state index in [-0.39, 0.29) is 17.2 Å². The summed E-state index contributed by atoms with van der Waals surface area (Å²) in [5, 5.41) is 12.5. The van der Waals surface area contributed by atoms with Crippen molar-refractivity contribution in [3.05, 3.63) is 139 Å². The fourth-order valence-corrected chi connectivity index (χ4v) is 4.51. The number of halogens is 2. The first-order valence-electron chi connectivity index (χ1n) is 12.0. The van der Waals surface area contributed by atoms with Gasteiger partial charge in [0.1, 0.15) is 12.4 Å². The van der Waals surface area contributed by atoms with Gasteiger partial charge in [0, 0.05) is 40.3 Å². The molecule has 0 saturated heterocycles. The minimum atomic E-state index is -0.474. The van der Waals surface area contributed by atoms with Gasteiger partial charge in [-0.25, -0.2) is 0 Å². The van der Waals surface area contributed by atoms with Crippen molar-refractivity contribution < 1.29 is 14.5 Å². The smallest absolute Gasteiger partial charge is 0.273 e. The van der Waals surface area contributed by atoms with Crippen molar-refractivity contribution in [2.24, 2.45) is 0 Å². The molecule has 194 valence electrons. The van der Waals surface area contributed by atoms with Gasteiger partial charge in [0.2, 0.25) is 0 Å². The van der Waals surface area contributed by atoms with E-state index in [1.54, 1.807) is 36.1 Å². The van der Waals surface area contributed by atoms with E-state index in [0.717, 1.165) is 22.4 Å². The van der Waals surface area contributed by atoms with Gasteiger partial charge in [-0.3, -0.25) is 14.9 Å². The van der Waals surface area contributed by atoms with Crippen molar-refractivity contribution in [2.75, 3.05) is 6.54 Å². The van der Waals surface area contributed by atoms with Crippen LogP contribution in [-0.4, -0.2) is 22.3 Å². The van der Waals surface area contributed by atoms with Crippen LogP contribution < -0.4 is 4.74 Å². The molecule has 0 saturated carbocycles. The number of hydrogen-bond donors (Lipinski definition) is 0. The van der Waals surface area contributed by atoms with E-state index in [9.17, 15) is 14.9 Å². The van der Waals surface area contributed by atoms with Crippen LogP contribution in [0.1, 0.15) is 32.6 Å². The average Bonchev–Trinajstić information content (AvgIpc) is 2.91. The van der Waals surface area contributed by atoms with E-state index < -0.39 is 4.92 Å². The fourth-order valence-electron chi connectivity index (χ4n) is 4.01. The summed E-state index contributed by atoms with van der Waals surface area (Å²) in [6.45, 7) is 2.77. The second-order valence-electron chi connectivity index (χ2n) is 8.89. The van der Waals surface area contributed by atoms with Gasteiger partial charge in [0.05, 0.1) is 4.92 Å². The summed E-state index contributed by atoms with van der Waals surface area (Å²) in [6.07, 6.45) is 0.494. The molecule has 0 aliphatic heterocycles. The van der Waals surface area contributed by atoms with Crippen molar-refractivity contribution in [1.82, 2.24) is 4.90 Å². The van der Waals surface area contributed by atoms with Crippen molar-refractivity contribution in [3.8, 4) is 5.75 Å². The van der Waals surface area contributed by atoms with Gasteiger partial charge < -0.3 is 9.64 Å². The van der Waals surface area contributed by atoms with Crippen LogP contribution in [0, 0.1) is 17.0 Å². The van der Waals surface area contributed by atoms with Crippen LogP contribution in [0.3, 0.4) is 0 Å². The zero-order valence-electron chi connectivity index (χ0n) is 20.8. The molecule has 0 aliphatic carbocycles. The van der Waals surface area contributed by atoms with Crippen molar-refractivity contribution in [3.63, 3.8) is 0 Å². The highest BCUT2D eigenvalue weighted by Crippen LogP contribution is 2.24. The number of benzene rings is 4. The van der Waals surface area contributed by atoms with Gasteiger partial charge >= 0.3 is 0 Å².